The van der Waals surface area contributed by atoms with Gasteiger partial charge in [0.1, 0.15) is 5.82 Å². The maximum Gasteiger partial charge on any atom is 0.224 e. The molecule has 0 amide bonds. The van der Waals surface area contributed by atoms with Crippen LogP contribution in [0.2, 0.25) is 5.02 Å². The van der Waals surface area contributed by atoms with Crippen LogP contribution in [0.4, 0.5) is 17.5 Å². The molecule has 0 fully saturated rings. The van der Waals surface area contributed by atoms with Crippen LogP contribution < -0.4 is 20.1 Å². The van der Waals surface area contributed by atoms with E-state index in [0.717, 1.165) is 40.7 Å². The van der Waals surface area contributed by atoms with E-state index in [4.69, 9.17) is 21.1 Å². The van der Waals surface area contributed by atoms with Crippen molar-refractivity contribution in [2.24, 2.45) is 0 Å². The van der Waals surface area contributed by atoms with Crippen molar-refractivity contribution in [2.75, 3.05) is 31.4 Å². The number of benzene rings is 2. The number of halogens is 1. The SMILES string of the molecule is COc1ccc(CCNc2nc(C)cc(Nc3ccc(Cl)cc3)n2)cc1OC. The fraction of sp³-hybridized carbons (Fsp3) is 0.238. The highest BCUT2D eigenvalue weighted by Gasteiger charge is 2.06. The molecular weight excluding hydrogens is 376 g/mol. The van der Waals surface area contributed by atoms with Gasteiger partial charge in [-0.2, -0.15) is 4.98 Å². The second kappa shape index (κ2) is 9.28. The lowest BCUT2D eigenvalue weighted by molar-refractivity contribution is 0.354. The maximum absolute atomic E-state index is 5.93. The third-order valence-electron chi connectivity index (χ3n) is 4.12. The number of nitrogens with zero attached hydrogens (tertiary/aromatic N) is 2. The number of aryl methyl sites for hydroxylation is 1. The van der Waals surface area contributed by atoms with E-state index in [1.807, 2.05) is 55.5 Å². The number of aromatic nitrogens is 2. The first-order valence-corrected chi connectivity index (χ1v) is 9.28. The van der Waals surface area contributed by atoms with Gasteiger partial charge in [0.2, 0.25) is 5.95 Å². The van der Waals surface area contributed by atoms with Gasteiger partial charge in [-0.1, -0.05) is 17.7 Å². The highest BCUT2D eigenvalue weighted by molar-refractivity contribution is 6.30. The molecule has 6 nitrogen and oxygen atoms in total. The first kappa shape index (κ1) is 19.8. The molecule has 0 aliphatic rings. The fourth-order valence-electron chi connectivity index (χ4n) is 2.75. The number of ether oxygens (including phenoxy) is 2. The Labute approximate surface area is 169 Å². The molecule has 2 N–H and O–H groups in total. The average Bonchev–Trinajstić information content (AvgIpc) is 2.69. The quantitative estimate of drug-likeness (QED) is 0.565. The predicted molar refractivity (Wildman–Crippen MR) is 113 cm³/mol. The predicted octanol–water partition coefficient (Wildman–Crippen LogP) is 4.85. The molecule has 7 heteroatoms. The Morgan fingerprint density at radius 1 is 0.929 bits per heavy atom. The highest BCUT2D eigenvalue weighted by atomic mass is 35.5. The summed E-state index contributed by atoms with van der Waals surface area (Å²) in [5, 5.41) is 7.24. The summed E-state index contributed by atoms with van der Waals surface area (Å²) in [6, 6.07) is 15.3. The van der Waals surface area contributed by atoms with Gasteiger partial charge in [-0.25, -0.2) is 4.98 Å². The van der Waals surface area contributed by atoms with E-state index < -0.39 is 0 Å². The monoisotopic (exact) mass is 398 g/mol. The first-order chi connectivity index (χ1) is 13.6. The van der Waals surface area contributed by atoms with Crippen LogP contribution in [0, 0.1) is 6.92 Å². The smallest absolute Gasteiger partial charge is 0.224 e. The summed E-state index contributed by atoms with van der Waals surface area (Å²) >= 11 is 5.93. The first-order valence-electron chi connectivity index (χ1n) is 8.90. The summed E-state index contributed by atoms with van der Waals surface area (Å²) in [5.41, 5.74) is 2.93. The third-order valence-corrected chi connectivity index (χ3v) is 4.37. The highest BCUT2D eigenvalue weighted by Crippen LogP contribution is 2.27. The largest absolute Gasteiger partial charge is 0.493 e. The van der Waals surface area contributed by atoms with Gasteiger partial charge in [-0.3, -0.25) is 0 Å². The molecule has 0 unspecified atom stereocenters. The summed E-state index contributed by atoms with van der Waals surface area (Å²) < 4.78 is 10.6. The Morgan fingerprint density at radius 2 is 1.68 bits per heavy atom. The van der Waals surface area contributed by atoms with Crippen molar-refractivity contribution in [2.45, 2.75) is 13.3 Å². The topological polar surface area (TPSA) is 68.3 Å². The number of methoxy groups -OCH3 is 2. The lowest BCUT2D eigenvalue weighted by Crippen LogP contribution is -2.09. The maximum atomic E-state index is 5.93. The molecule has 0 saturated heterocycles. The van der Waals surface area contributed by atoms with Crippen LogP contribution in [-0.4, -0.2) is 30.7 Å². The van der Waals surface area contributed by atoms with Gasteiger partial charge in [-0.05, 0) is 55.3 Å². The second-order valence-electron chi connectivity index (χ2n) is 6.22. The molecule has 2 aromatic carbocycles. The third kappa shape index (κ3) is 5.27. The van der Waals surface area contributed by atoms with Crippen molar-refractivity contribution in [1.29, 1.82) is 0 Å². The molecule has 3 aromatic rings. The Balaban J connectivity index is 1.63. The molecule has 1 aromatic heterocycles. The molecule has 0 radical (unpaired) electrons. The normalized spacial score (nSPS) is 10.4. The van der Waals surface area contributed by atoms with Crippen molar-refractivity contribution < 1.29 is 9.47 Å². The molecule has 0 saturated carbocycles. The van der Waals surface area contributed by atoms with Gasteiger partial charge in [0.25, 0.3) is 0 Å². The summed E-state index contributed by atoms with van der Waals surface area (Å²) in [6.45, 7) is 2.63. The number of nitrogens with one attached hydrogen (secondary N) is 2. The zero-order chi connectivity index (χ0) is 19.9. The Bertz CT molecular complexity index is 932. The second-order valence-corrected chi connectivity index (χ2v) is 6.65. The van der Waals surface area contributed by atoms with E-state index in [2.05, 4.69) is 20.6 Å². The molecule has 0 aliphatic carbocycles. The molecule has 0 spiro atoms. The minimum Gasteiger partial charge on any atom is -0.493 e. The minimum atomic E-state index is 0.581. The minimum absolute atomic E-state index is 0.581. The molecular formula is C21H23ClN4O2. The lowest BCUT2D eigenvalue weighted by Gasteiger charge is -2.11. The van der Waals surface area contributed by atoms with Gasteiger partial charge in [0, 0.05) is 29.0 Å². The number of anilines is 3. The lowest BCUT2D eigenvalue weighted by atomic mass is 10.1. The van der Waals surface area contributed by atoms with E-state index in [9.17, 15) is 0 Å². The average molecular weight is 399 g/mol. The molecule has 1 heterocycles. The van der Waals surface area contributed by atoms with Gasteiger partial charge in [-0.15, -0.1) is 0 Å². The zero-order valence-electron chi connectivity index (χ0n) is 16.1. The van der Waals surface area contributed by atoms with Crippen molar-refractivity contribution in [3.8, 4) is 11.5 Å². The van der Waals surface area contributed by atoms with E-state index in [1.54, 1.807) is 14.2 Å². The van der Waals surface area contributed by atoms with E-state index in [1.165, 1.54) is 0 Å². The van der Waals surface area contributed by atoms with E-state index in [0.29, 0.717) is 17.5 Å². The molecule has 0 atom stereocenters. The van der Waals surface area contributed by atoms with Crippen molar-refractivity contribution >= 4 is 29.1 Å². The molecule has 3 rings (SSSR count). The molecule has 146 valence electrons. The van der Waals surface area contributed by atoms with Gasteiger partial charge >= 0.3 is 0 Å². The summed E-state index contributed by atoms with van der Waals surface area (Å²) in [6.07, 6.45) is 0.803. The van der Waals surface area contributed by atoms with Crippen LogP contribution in [-0.2, 0) is 6.42 Å². The molecule has 28 heavy (non-hydrogen) atoms. The van der Waals surface area contributed by atoms with Crippen molar-refractivity contribution in [1.82, 2.24) is 9.97 Å². The van der Waals surface area contributed by atoms with Crippen LogP contribution in [0.15, 0.2) is 48.5 Å². The Kier molecular flexibility index (Phi) is 6.55. The van der Waals surface area contributed by atoms with Crippen LogP contribution in [0.3, 0.4) is 0 Å². The van der Waals surface area contributed by atoms with E-state index in [-0.39, 0.29) is 0 Å². The summed E-state index contributed by atoms with van der Waals surface area (Å²) in [7, 11) is 3.26. The van der Waals surface area contributed by atoms with Crippen LogP contribution in [0.25, 0.3) is 0 Å². The van der Waals surface area contributed by atoms with E-state index >= 15 is 0 Å². The van der Waals surface area contributed by atoms with Crippen LogP contribution in [0.1, 0.15) is 11.3 Å². The number of hydrogen-bond acceptors (Lipinski definition) is 6. The van der Waals surface area contributed by atoms with Gasteiger partial charge in [0.05, 0.1) is 14.2 Å². The fourth-order valence-corrected chi connectivity index (χ4v) is 2.87. The van der Waals surface area contributed by atoms with Gasteiger partial charge in [0.15, 0.2) is 11.5 Å². The van der Waals surface area contributed by atoms with Gasteiger partial charge < -0.3 is 20.1 Å². The Hall–Kier alpha value is -2.99. The van der Waals surface area contributed by atoms with Crippen molar-refractivity contribution in [3.05, 3.63) is 64.8 Å². The van der Waals surface area contributed by atoms with Crippen LogP contribution in [0.5, 0.6) is 11.5 Å². The number of rotatable bonds is 8. The zero-order valence-corrected chi connectivity index (χ0v) is 16.9. The standard InChI is InChI=1S/C21H23ClN4O2/c1-14-12-20(25-17-7-5-16(22)6-8-17)26-21(24-14)23-11-10-15-4-9-18(27-2)19(13-15)28-3/h4-9,12-13H,10-11H2,1-3H3,(H2,23,24,25,26). The van der Waals surface area contributed by atoms with Crippen molar-refractivity contribution in [3.63, 3.8) is 0 Å². The molecule has 0 bridgehead atoms. The van der Waals surface area contributed by atoms with Crippen LogP contribution >= 0.6 is 11.6 Å². The molecule has 0 aliphatic heterocycles. The summed E-state index contributed by atoms with van der Waals surface area (Å²) in [5.74, 6) is 2.75. The summed E-state index contributed by atoms with van der Waals surface area (Å²) in [4.78, 5) is 8.99. The Morgan fingerprint density at radius 3 is 2.39 bits per heavy atom. The number of hydrogen-bond donors (Lipinski definition) is 2.